The summed E-state index contributed by atoms with van der Waals surface area (Å²) in [6, 6.07) is 23.5. The maximum atomic E-state index is 15.6. The van der Waals surface area contributed by atoms with Crippen LogP contribution < -0.4 is 0 Å². The normalized spacial score (nSPS) is 25.8. The Morgan fingerprint density at radius 2 is 1.07 bits per heavy atom. The van der Waals surface area contributed by atoms with Gasteiger partial charge in [-0.05, 0) is 103 Å². The molecule has 0 heterocycles. The second-order valence-corrected chi connectivity index (χ2v) is 16.5. The van der Waals surface area contributed by atoms with Gasteiger partial charge in [-0.3, -0.25) is 4.79 Å². The number of halogens is 4. The minimum atomic E-state index is -6.35. The van der Waals surface area contributed by atoms with Crippen molar-refractivity contribution in [2.75, 3.05) is 6.61 Å². The highest BCUT2D eigenvalue weighted by atomic mass is 32.3. The van der Waals surface area contributed by atoms with Crippen molar-refractivity contribution in [2.24, 2.45) is 23.2 Å². The monoisotopic (exact) mass is 636 g/mol. The van der Waals surface area contributed by atoms with Gasteiger partial charge in [0.15, 0.2) is 6.61 Å². The van der Waals surface area contributed by atoms with Crippen LogP contribution in [0.25, 0.3) is 0 Å². The van der Waals surface area contributed by atoms with Crippen molar-refractivity contribution >= 4 is 26.4 Å². The Balaban J connectivity index is 1.32. The fourth-order valence-corrected chi connectivity index (χ4v) is 12.7. The number of carbonyl (C=O) groups is 1. The van der Waals surface area contributed by atoms with E-state index in [1.165, 1.54) is 36.4 Å². The molecule has 0 spiro atoms. The first kappa shape index (κ1) is 30.1. The quantitative estimate of drug-likeness (QED) is 0.166. The lowest BCUT2D eigenvalue weighted by atomic mass is 9.49. The number of esters is 1. The molecule has 0 N–H and O–H groups in total. The molecule has 0 radical (unpaired) electrons. The molecule has 4 aliphatic carbocycles. The fraction of sp³-hybridized carbons (Fsp3) is 0.406. The summed E-state index contributed by atoms with van der Waals surface area (Å²) < 4.78 is 99.1. The summed E-state index contributed by atoms with van der Waals surface area (Å²) in [5.74, 6) is -5.34. The zero-order chi connectivity index (χ0) is 30.5. The Morgan fingerprint density at radius 1 is 0.698 bits per heavy atom. The molecule has 0 amide bonds. The molecule has 230 valence electrons. The van der Waals surface area contributed by atoms with Gasteiger partial charge >= 0.3 is 27.3 Å². The summed E-state index contributed by atoms with van der Waals surface area (Å²) in [7, 11) is -9.85. The maximum Gasteiger partial charge on any atom is 0.436 e. The first-order valence-corrected chi connectivity index (χ1v) is 17.2. The van der Waals surface area contributed by atoms with Crippen LogP contribution in [0.1, 0.15) is 38.5 Å². The highest BCUT2D eigenvalue weighted by Gasteiger charge is 2.69. The lowest BCUT2D eigenvalue weighted by molar-refractivity contribution is -0.207. The zero-order valence-corrected chi connectivity index (χ0v) is 24.8. The third-order valence-electron chi connectivity index (χ3n) is 9.01. The van der Waals surface area contributed by atoms with Gasteiger partial charge in [0.1, 0.15) is 0 Å². The molecule has 3 aromatic carbocycles. The first-order valence-electron chi connectivity index (χ1n) is 14.3. The molecule has 4 aliphatic rings. The second kappa shape index (κ2) is 10.9. The van der Waals surface area contributed by atoms with Gasteiger partial charge in [0, 0.05) is 14.7 Å². The average molecular weight is 637 g/mol. The average Bonchev–Trinajstić information content (AvgIpc) is 2.99. The topological polar surface area (TPSA) is 69.7 Å². The van der Waals surface area contributed by atoms with Crippen molar-refractivity contribution in [3.8, 4) is 0 Å². The van der Waals surface area contributed by atoms with Gasteiger partial charge in [0.05, 0.1) is 5.41 Å². The standard InChI is InChI=1S/C32H32F4O5S2/c33-31(34,22-40-29(37)30-19-23-16-24(20-30)18-25(17-23)21-30)32(35,36)43(38,39)41-42(26-10-4-1-5-11-26,27-12-6-2-7-13-27)28-14-8-3-9-15-28/h1-15,23-25H,16-22H2. The Bertz CT molecular complexity index is 1440. The van der Waals surface area contributed by atoms with Gasteiger partial charge in [0.25, 0.3) is 0 Å². The SMILES string of the molecule is O=C(OCC(F)(F)C(F)(F)S(=O)(=O)OS(c1ccccc1)(c1ccccc1)c1ccccc1)C12CC3CC(CC(C3)C1)C2. The molecular formula is C32H32F4O5S2. The van der Waals surface area contributed by atoms with E-state index in [9.17, 15) is 13.2 Å². The summed E-state index contributed by atoms with van der Waals surface area (Å²) >= 11 is 0. The number of carbonyl (C=O) groups excluding carboxylic acids is 1. The predicted octanol–water partition coefficient (Wildman–Crippen LogP) is 8.22. The van der Waals surface area contributed by atoms with Crippen LogP contribution in [0.2, 0.25) is 0 Å². The van der Waals surface area contributed by atoms with E-state index in [2.05, 4.69) is 0 Å². The first-order chi connectivity index (χ1) is 20.4. The minimum absolute atomic E-state index is 0.211. The van der Waals surface area contributed by atoms with E-state index in [0.29, 0.717) is 37.0 Å². The number of benzene rings is 3. The third-order valence-corrected chi connectivity index (χ3v) is 14.3. The lowest BCUT2D eigenvalue weighted by Gasteiger charge is -2.55. The molecule has 4 fully saturated rings. The Kier molecular flexibility index (Phi) is 7.66. The highest BCUT2D eigenvalue weighted by molar-refractivity contribution is 8.33. The number of hydrogen-bond donors (Lipinski definition) is 0. The van der Waals surface area contributed by atoms with Crippen molar-refractivity contribution in [1.29, 1.82) is 0 Å². The molecule has 0 aromatic heterocycles. The smallest absolute Gasteiger partial charge is 0.436 e. The summed E-state index contributed by atoms with van der Waals surface area (Å²) in [5, 5.41) is -5.72. The number of alkyl halides is 4. The van der Waals surface area contributed by atoms with Crippen molar-refractivity contribution in [3.05, 3.63) is 91.0 Å². The predicted molar refractivity (Wildman–Crippen MR) is 153 cm³/mol. The zero-order valence-electron chi connectivity index (χ0n) is 23.2. The van der Waals surface area contributed by atoms with E-state index < -0.39 is 49.6 Å². The van der Waals surface area contributed by atoms with E-state index in [1.807, 2.05) is 0 Å². The van der Waals surface area contributed by atoms with E-state index in [0.717, 1.165) is 19.3 Å². The van der Waals surface area contributed by atoms with Crippen LogP contribution in [0.3, 0.4) is 0 Å². The Hall–Kier alpha value is -2.89. The Labute approximate surface area is 250 Å². The fourth-order valence-electron chi connectivity index (χ4n) is 7.48. The molecule has 0 aliphatic heterocycles. The minimum Gasteiger partial charge on any atom is -0.459 e. The van der Waals surface area contributed by atoms with Crippen LogP contribution in [0.4, 0.5) is 17.6 Å². The van der Waals surface area contributed by atoms with Crippen molar-refractivity contribution in [2.45, 2.75) is 64.4 Å². The third kappa shape index (κ3) is 5.17. The van der Waals surface area contributed by atoms with Crippen LogP contribution in [-0.4, -0.2) is 32.2 Å². The molecule has 7 rings (SSSR count). The van der Waals surface area contributed by atoms with Crippen LogP contribution in [0.15, 0.2) is 106 Å². The largest absolute Gasteiger partial charge is 0.459 e. The van der Waals surface area contributed by atoms with Gasteiger partial charge < -0.3 is 4.74 Å². The van der Waals surface area contributed by atoms with Crippen molar-refractivity contribution < 1.29 is 39.1 Å². The highest BCUT2D eigenvalue weighted by Crippen LogP contribution is 2.71. The molecular weight excluding hydrogens is 604 g/mol. The van der Waals surface area contributed by atoms with E-state index in [-0.39, 0.29) is 14.7 Å². The summed E-state index contributed by atoms with van der Waals surface area (Å²) in [6.45, 7) is -2.08. The molecule has 5 nitrogen and oxygen atoms in total. The molecule has 4 bridgehead atoms. The lowest BCUT2D eigenvalue weighted by Crippen LogP contribution is -2.53. The van der Waals surface area contributed by atoms with Crippen LogP contribution in [0.5, 0.6) is 0 Å². The van der Waals surface area contributed by atoms with Gasteiger partial charge in [-0.2, -0.15) is 26.0 Å². The molecule has 4 saturated carbocycles. The van der Waals surface area contributed by atoms with Crippen molar-refractivity contribution in [1.82, 2.24) is 0 Å². The molecule has 0 atom stereocenters. The van der Waals surface area contributed by atoms with Crippen LogP contribution in [-0.2, 0) is 23.3 Å². The number of ether oxygens (including phenoxy) is 1. The Morgan fingerprint density at radius 3 is 1.44 bits per heavy atom. The summed E-state index contributed by atoms with van der Waals surface area (Å²) in [5.41, 5.74) is -0.970. The van der Waals surface area contributed by atoms with Crippen molar-refractivity contribution in [3.63, 3.8) is 0 Å². The van der Waals surface area contributed by atoms with Crippen LogP contribution >= 0.6 is 10.3 Å². The van der Waals surface area contributed by atoms with Gasteiger partial charge in [-0.15, -0.1) is 0 Å². The van der Waals surface area contributed by atoms with Crippen LogP contribution in [0, 0.1) is 23.2 Å². The molecule has 3 aromatic rings. The van der Waals surface area contributed by atoms with E-state index >= 15 is 17.6 Å². The molecule has 0 saturated heterocycles. The molecule has 43 heavy (non-hydrogen) atoms. The summed E-state index contributed by atoms with van der Waals surface area (Å²) in [6.07, 6.45) is 4.38. The van der Waals surface area contributed by atoms with E-state index in [4.69, 9.17) is 8.37 Å². The second-order valence-electron chi connectivity index (χ2n) is 12.0. The van der Waals surface area contributed by atoms with Gasteiger partial charge in [0.2, 0.25) is 0 Å². The molecule has 11 heteroatoms. The summed E-state index contributed by atoms with van der Waals surface area (Å²) in [4.78, 5) is 13.8. The van der Waals surface area contributed by atoms with E-state index in [1.54, 1.807) is 54.6 Å². The number of hydrogen-bond acceptors (Lipinski definition) is 5. The maximum absolute atomic E-state index is 15.6. The van der Waals surface area contributed by atoms with Gasteiger partial charge in [-0.25, -0.2) is 3.63 Å². The number of rotatable bonds is 10. The van der Waals surface area contributed by atoms with Gasteiger partial charge in [-0.1, -0.05) is 54.6 Å². The molecule has 0 unspecified atom stereocenters.